The Morgan fingerprint density at radius 2 is 1.79 bits per heavy atom. The van der Waals surface area contributed by atoms with E-state index in [1.807, 2.05) is 62.4 Å². The normalized spacial score (nSPS) is 11.0. The smallest absolute Gasteiger partial charge is 0.278 e. The average molecular weight is 450 g/mol. The second-order valence-corrected chi connectivity index (χ2v) is 7.74. The molecule has 0 saturated heterocycles. The van der Waals surface area contributed by atoms with Gasteiger partial charge in [0.15, 0.2) is 11.3 Å². The number of fused-ring (bicyclic) bond motifs is 1. The van der Waals surface area contributed by atoms with Crippen molar-refractivity contribution in [3.8, 4) is 11.1 Å². The first kappa shape index (κ1) is 19.3. The van der Waals surface area contributed by atoms with Gasteiger partial charge in [-0.05, 0) is 49.6 Å². The molecule has 2 heterocycles. The average Bonchev–Trinajstić information content (AvgIpc) is 3.10. The van der Waals surface area contributed by atoms with Gasteiger partial charge in [0.05, 0.1) is 17.0 Å². The zero-order chi connectivity index (χ0) is 20.5. The van der Waals surface area contributed by atoms with Gasteiger partial charge in [0.1, 0.15) is 0 Å². The van der Waals surface area contributed by atoms with E-state index in [2.05, 4.69) is 38.4 Å². The fourth-order valence-corrected chi connectivity index (χ4v) is 3.58. The van der Waals surface area contributed by atoms with Crippen LogP contribution in [-0.2, 0) is 6.42 Å². The van der Waals surface area contributed by atoms with Crippen LogP contribution in [0, 0.1) is 13.8 Å². The molecule has 0 bridgehead atoms. The summed E-state index contributed by atoms with van der Waals surface area (Å²) in [5.41, 5.74) is 6.18. The van der Waals surface area contributed by atoms with Gasteiger partial charge in [-0.3, -0.25) is 4.79 Å². The predicted octanol–water partition coefficient (Wildman–Crippen LogP) is 4.99. The van der Waals surface area contributed by atoms with E-state index >= 15 is 0 Å². The Balaban J connectivity index is 1.79. The van der Waals surface area contributed by atoms with Gasteiger partial charge in [0.2, 0.25) is 0 Å². The van der Waals surface area contributed by atoms with E-state index in [4.69, 9.17) is 5.10 Å². The minimum absolute atomic E-state index is 0.258. The number of halogens is 1. The summed E-state index contributed by atoms with van der Waals surface area (Å²) in [6.45, 7) is 5.84. The fraction of sp³-hybridized carbons (Fsp3) is 0.182. The molecule has 6 nitrogen and oxygen atoms in total. The number of anilines is 1. The van der Waals surface area contributed by atoms with E-state index in [1.165, 1.54) is 0 Å². The molecule has 0 aliphatic rings. The summed E-state index contributed by atoms with van der Waals surface area (Å²) in [5.74, 6) is -0.301. The van der Waals surface area contributed by atoms with Crippen molar-refractivity contribution in [3.05, 3.63) is 75.6 Å². The Morgan fingerprint density at radius 1 is 1.07 bits per heavy atom. The van der Waals surface area contributed by atoms with Crippen molar-refractivity contribution >= 4 is 33.2 Å². The Labute approximate surface area is 177 Å². The van der Waals surface area contributed by atoms with Gasteiger partial charge < -0.3 is 5.32 Å². The highest BCUT2D eigenvalue weighted by Gasteiger charge is 2.21. The second-order valence-electron chi connectivity index (χ2n) is 6.82. The quantitative estimate of drug-likeness (QED) is 0.476. The van der Waals surface area contributed by atoms with Gasteiger partial charge in [-0.2, -0.15) is 5.10 Å². The monoisotopic (exact) mass is 449 g/mol. The summed E-state index contributed by atoms with van der Waals surface area (Å²) in [4.78, 5) is 12.8. The molecular formula is C22H20BrN5O. The lowest BCUT2D eigenvalue weighted by molar-refractivity contribution is 0.102. The molecule has 4 rings (SSSR count). The Bertz CT molecular complexity index is 1210. The van der Waals surface area contributed by atoms with Gasteiger partial charge in [0, 0.05) is 10.2 Å². The van der Waals surface area contributed by atoms with Crippen molar-refractivity contribution in [1.29, 1.82) is 0 Å². The number of carbonyl (C=O) groups excluding carboxylic acids is 1. The van der Waals surface area contributed by atoms with Gasteiger partial charge >= 0.3 is 0 Å². The molecular weight excluding hydrogens is 430 g/mol. The highest BCUT2D eigenvalue weighted by molar-refractivity contribution is 9.10. The van der Waals surface area contributed by atoms with Crippen molar-refractivity contribution in [2.24, 2.45) is 0 Å². The number of hydrogen-bond acceptors (Lipinski definition) is 4. The van der Waals surface area contributed by atoms with E-state index < -0.39 is 0 Å². The largest absolute Gasteiger partial charge is 0.320 e. The molecule has 0 spiro atoms. The fourth-order valence-electron chi connectivity index (χ4n) is 3.31. The van der Waals surface area contributed by atoms with E-state index in [1.54, 1.807) is 4.52 Å². The van der Waals surface area contributed by atoms with E-state index in [0.29, 0.717) is 11.3 Å². The van der Waals surface area contributed by atoms with Crippen LogP contribution in [-0.4, -0.2) is 25.7 Å². The van der Waals surface area contributed by atoms with Gasteiger partial charge in [-0.1, -0.05) is 53.2 Å². The Kier molecular flexibility index (Phi) is 5.15. The van der Waals surface area contributed by atoms with E-state index in [0.717, 1.165) is 39.0 Å². The first-order chi connectivity index (χ1) is 14.0. The molecule has 7 heteroatoms. The van der Waals surface area contributed by atoms with Crippen molar-refractivity contribution in [3.63, 3.8) is 0 Å². The number of amides is 1. The van der Waals surface area contributed by atoms with Crippen LogP contribution in [0.2, 0.25) is 0 Å². The number of nitrogens with zero attached hydrogens (tertiary/aromatic N) is 4. The molecule has 0 aliphatic heterocycles. The number of aryl methyl sites for hydroxylation is 3. The number of carbonyl (C=O) groups is 1. The summed E-state index contributed by atoms with van der Waals surface area (Å²) in [6.07, 6.45) is 0.749. The number of para-hydroxylation sites is 1. The van der Waals surface area contributed by atoms with Crippen LogP contribution in [0.4, 0.5) is 5.69 Å². The van der Waals surface area contributed by atoms with Gasteiger partial charge in [0.25, 0.3) is 5.91 Å². The molecule has 2 aromatic heterocycles. The lowest BCUT2D eigenvalue weighted by Crippen LogP contribution is -2.19. The summed E-state index contributed by atoms with van der Waals surface area (Å²) in [7, 11) is 0. The minimum Gasteiger partial charge on any atom is -0.320 e. The van der Waals surface area contributed by atoms with Crippen LogP contribution in [0.5, 0.6) is 0 Å². The van der Waals surface area contributed by atoms with Gasteiger partial charge in [-0.25, -0.2) is 4.52 Å². The lowest BCUT2D eigenvalue weighted by atomic mass is 10.0. The summed E-state index contributed by atoms with van der Waals surface area (Å²) in [5, 5.41) is 16.3. The molecule has 1 amide bonds. The SMILES string of the molecule is CCc1nn2c(C)c(C(=O)Nc3ccccc3C)nnc2c1-c1ccc(Br)cc1. The molecule has 0 unspecified atom stereocenters. The first-order valence-electron chi connectivity index (χ1n) is 9.37. The zero-order valence-electron chi connectivity index (χ0n) is 16.4. The van der Waals surface area contributed by atoms with Crippen molar-refractivity contribution < 1.29 is 4.79 Å². The third kappa shape index (κ3) is 3.53. The summed E-state index contributed by atoms with van der Waals surface area (Å²) >= 11 is 3.47. The maximum atomic E-state index is 12.8. The summed E-state index contributed by atoms with van der Waals surface area (Å²) in [6, 6.07) is 15.7. The van der Waals surface area contributed by atoms with Crippen molar-refractivity contribution in [1.82, 2.24) is 19.8 Å². The molecule has 0 fully saturated rings. The van der Waals surface area contributed by atoms with Crippen molar-refractivity contribution in [2.45, 2.75) is 27.2 Å². The highest BCUT2D eigenvalue weighted by atomic mass is 79.9. The molecule has 146 valence electrons. The van der Waals surface area contributed by atoms with Crippen LogP contribution < -0.4 is 5.32 Å². The minimum atomic E-state index is -0.301. The third-order valence-corrected chi connectivity index (χ3v) is 5.44. The Morgan fingerprint density at radius 3 is 2.48 bits per heavy atom. The summed E-state index contributed by atoms with van der Waals surface area (Å²) < 4.78 is 2.73. The third-order valence-electron chi connectivity index (χ3n) is 4.91. The molecule has 29 heavy (non-hydrogen) atoms. The standard InChI is InChI=1S/C22H20BrN5O/c1-4-17-19(15-9-11-16(23)12-10-15)21-26-25-20(14(3)28(21)27-17)22(29)24-18-8-6-5-7-13(18)2/h5-12H,4H2,1-3H3,(H,24,29). The van der Waals surface area contributed by atoms with Crippen LogP contribution in [0.15, 0.2) is 53.0 Å². The Hall–Kier alpha value is -3.06. The molecule has 0 saturated carbocycles. The van der Waals surface area contributed by atoms with Crippen LogP contribution >= 0.6 is 15.9 Å². The number of hydrogen-bond donors (Lipinski definition) is 1. The molecule has 0 radical (unpaired) electrons. The van der Waals surface area contributed by atoms with Crippen LogP contribution in [0.3, 0.4) is 0 Å². The molecule has 0 aliphatic carbocycles. The second kappa shape index (κ2) is 7.75. The van der Waals surface area contributed by atoms with Crippen LogP contribution in [0.25, 0.3) is 16.8 Å². The van der Waals surface area contributed by atoms with E-state index in [-0.39, 0.29) is 11.6 Å². The first-order valence-corrected chi connectivity index (χ1v) is 10.2. The highest BCUT2D eigenvalue weighted by Crippen LogP contribution is 2.29. The maximum absolute atomic E-state index is 12.8. The number of nitrogens with one attached hydrogen (secondary N) is 1. The molecule has 4 aromatic rings. The number of rotatable bonds is 4. The van der Waals surface area contributed by atoms with Crippen LogP contribution in [0.1, 0.15) is 34.4 Å². The zero-order valence-corrected chi connectivity index (χ0v) is 18.0. The van der Waals surface area contributed by atoms with Crippen molar-refractivity contribution in [2.75, 3.05) is 5.32 Å². The van der Waals surface area contributed by atoms with E-state index in [9.17, 15) is 4.79 Å². The predicted molar refractivity (Wildman–Crippen MR) is 117 cm³/mol. The number of benzene rings is 2. The topological polar surface area (TPSA) is 72.2 Å². The molecule has 1 N–H and O–H groups in total. The van der Waals surface area contributed by atoms with Gasteiger partial charge in [-0.15, -0.1) is 10.2 Å². The molecule has 0 atom stereocenters. The molecule has 2 aromatic carbocycles. The lowest BCUT2D eigenvalue weighted by Gasteiger charge is -2.09. The maximum Gasteiger partial charge on any atom is 0.278 e. The number of aromatic nitrogens is 4.